The molecule has 232 valence electrons. The number of halogens is 3. The van der Waals surface area contributed by atoms with E-state index in [0.717, 1.165) is 17.7 Å². The number of hydrogen-bond acceptors (Lipinski definition) is 5. The molecule has 0 fully saturated rings. The first-order chi connectivity index (χ1) is 20.2. The van der Waals surface area contributed by atoms with Gasteiger partial charge in [-0.05, 0) is 75.2 Å². The van der Waals surface area contributed by atoms with Gasteiger partial charge in [-0.15, -0.1) is 0 Å². The van der Waals surface area contributed by atoms with Gasteiger partial charge < -0.3 is 15.0 Å². The van der Waals surface area contributed by atoms with Crippen molar-refractivity contribution in [3.05, 3.63) is 89.5 Å². The summed E-state index contributed by atoms with van der Waals surface area (Å²) >= 11 is 0. The van der Waals surface area contributed by atoms with Crippen LogP contribution in [0.5, 0.6) is 5.75 Å². The van der Waals surface area contributed by atoms with Gasteiger partial charge >= 0.3 is 6.18 Å². The minimum Gasteiger partial charge on any atom is -0.497 e. The van der Waals surface area contributed by atoms with Crippen LogP contribution in [-0.4, -0.2) is 50.9 Å². The molecule has 0 aliphatic heterocycles. The second-order valence-electron chi connectivity index (χ2n) is 10.2. The smallest absolute Gasteiger partial charge is 0.416 e. The minimum absolute atomic E-state index is 0.0911. The van der Waals surface area contributed by atoms with E-state index in [1.54, 1.807) is 43.3 Å². The topological polar surface area (TPSA) is 96.0 Å². The number of nitrogens with zero attached hydrogens (tertiary/aromatic N) is 2. The van der Waals surface area contributed by atoms with Gasteiger partial charge in [0.25, 0.3) is 10.0 Å². The Labute approximate surface area is 250 Å². The quantitative estimate of drug-likeness (QED) is 0.287. The average Bonchev–Trinajstić information content (AvgIpc) is 2.97. The summed E-state index contributed by atoms with van der Waals surface area (Å²) in [6, 6.07) is 15.1. The third-order valence-corrected chi connectivity index (χ3v) is 8.79. The zero-order valence-electron chi connectivity index (χ0n) is 24.7. The summed E-state index contributed by atoms with van der Waals surface area (Å²) in [5.74, 6) is -0.741. The Morgan fingerprint density at radius 1 is 0.977 bits per heavy atom. The summed E-state index contributed by atoms with van der Waals surface area (Å²) in [6.45, 7) is 6.01. The predicted octanol–water partition coefficient (Wildman–Crippen LogP) is 5.55. The van der Waals surface area contributed by atoms with E-state index in [2.05, 4.69) is 5.32 Å². The van der Waals surface area contributed by atoms with E-state index < -0.39 is 46.2 Å². The van der Waals surface area contributed by atoms with Crippen LogP contribution in [-0.2, 0) is 32.3 Å². The maximum atomic E-state index is 14.0. The normalized spacial score (nSPS) is 13.1. The molecule has 12 heteroatoms. The SMILES string of the molecule is CC[C@@H](C)NC(=O)[C@@H](C)N(Cc1cccc(OC)c1)C(=O)CN(c1cccc(C(F)(F)F)c1)S(=O)(=O)c1ccc(C)cc1. The van der Waals surface area contributed by atoms with Crippen molar-refractivity contribution in [2.75, 3.05) is 18.0 Å². The maximum Gasteiger partial charge on any atom is 0.416 e. The van der Waals surface area contributed by atoms with Crippen molar-refractivity contribution < 1.29 is 35.9 Å². The fourth-order valence-electron chi connectivity index (χ4n) is 4.22. The molecule has 0 saturated heterocycles. The molecule has 3 aromatic rings. The highest BCUT2D eigenvalue weighted by molar-refractivity contribution is 7.92. The molecule has 0 spiro atoms. The highest BCUT2D eigenvalue weighted by Gasteiger charge is 2.35. The second-order valence-corrected chi connectivity index (χ2v) is 12.1. The van der Waals surface area contributed by atoms with E-state index in [9.17, 15) is 31.2 Å². The third kappa shape index (κ3) is 8.50. The Hall–Kier alpha value is -4.06. The summed E-state index contributed by atoms with van der Waals surface area (Å²) in [7, 11) is -3.04. The highest BCUT2D eigenvalue weighted by atomic mass is 32.2. The van der Waals surface area contributed by atoms with Gasteiger partial charge in [0.15, 0.2) is 0 Å². The Kier molecular flexibility index (Phi) is 10.8. The number of carbonyl (C=O) groups is 2. The van der Waals surface area contributed by atoms with Crippen molar-refractivity contribution in [1.29, 1.82) is 0 Å². The van der Waals surface area contributed by atoms with Crippen molar-refractivity contribution in [1.82, 2.24) is 10.2 Å². The molecule has 2 amide bonds. The lowest BCUT2D eigenvalue weighted by molar-refractivity contribution is -0.139. The van der Waals surface area contributed by atoms with Crippen LogP contribution in [0.2, 0.25) is 0 Å². The molecule has 8 nitrogen and oxygen atoms in total. The largest absolute Gasteiger partial charge is 0.497 e. The number of amides is 2. The molecule has 0 saturated carbocycles. The Morgan fingerprint density at radius 3 is 2.23 bits per heavy atom. The fourth-order valence-corrected chi connectivity index (χ4v) is 5.63. The van der Waals surface area contributed by atoms with Crippen molar-refractivity contribution in [2.24, 2.45) is 0 Å². The van der Waals surface area contributed by atoms with Gasteiger partial charge in [0.05, 0.1) is 23.3 Å². The number of benzene rings is 3. The summed E-state index contributed by atoms with van der Waals surface area (Å²) in [5, 5.41) is 2.83. The molecule has 1 N–H and O–H groups in total. The molecule has 0 aliphatic rings. The monoisotopic (exact) mass is 619 g/mol. The van der Waals surface area contributed by atoms with E-state index in [1.165, 1.54) is 37.1 Å². The van der Waals surface area contributed by atoms with Crippen LogP contribution in [0.1, 0.15) is 43.9 Å². The summed E-state index contributed by atoms with van der Waals surface area (Å²) < 4.78 is 74.5. The number of anilines is 1. The van der Waals surface area contributed by atoms with Crippen molar-refractivity contribution in [3.63, 3.8) is 0 Å². The number of rotatable bonds is 12. The van der Waals surface area contributed by atoms with Crippen LogP contribution in [0.4, 0.5) is 18.9 Å². The first-order valence-corrected chi connectivity index (χ1v) is 15.1. The van der Waals surface area contributed by atoms with E-state index in [4.69, 9.17) is 4.74 Å². The fraction of sp³-hybridized carbons (Fsp3) is 0.355. The third-order valence-electron chi connectivity index (χ3n) is 7.00. The Morgan fingerprint density at radius 2 is 1.63 bits per heavy atom. The molecular weight excluding hydrogens is 583 g/mol. The molecule has 3 aromatic carbocycles. The second kappa shape index (κ2) is 13.9. The standard InChI is InChI=1S/C31H36F3N3O5S/c1-6-22(3)35-30(39)23(4)36(19-24-9-7-12-27(17-24)42-5)29(38)20-37(26-11-8-10-25(18-26)31(32,33)34)43(40,41)28-15-13-21(2)14-16-28/h7-18,22-23H,6,19-20H2,1-5H3,(H,35,39)/t22-,23-/m1/s1. The van der Waals surface area contributed by atoms with Gasteiger partial charge in [0.2, 0.25) is 11.8 Å². The summed E-state index contributed by atoms with van der Waals surface area (Å²) in [4.78, 5) is 28.1. The molecule has 0 unspecified atom stereocenters. The molecule has 0 aromatic heterocycles. The van der Waals surface area contributed by atoms with Gasteiger partial charge in [0.1, 0.15) is 18.3 Å². The molecule has 0 heterocycles. The van der Waals surface area contributed by atoms with Gasteiger partial charge in [0, 0.05) is 12.6 Å². The molecule has 0 aliphatic carbocycles. The molecule has 43 heavy (non-hydrogen) atoms. The Balaban J connectivity index is 2.10. The van der Waals surface area contributed by atoms with Crippen LogP contribution >= 0.6 is 0 Å². The Bertz CT molecular complexity index is 1530. The lowest BCUT2D eigenvalue weighted by Gasteiger charge is -2.32. The van der Waals surface area contributed by atoms with Crippen molar-refractivity contribution >= 4 is 27.5 Å². The number of aryl methyl sites for hydroxylation is 1. The van der Waals surface area contributed by atoms with Crippen LogP contribution in [0.25, 0.3) is 0 Å². The number of carbonyl (C=O) groups excluding carboxylic acids is 2. The van der Waals surface area contributed by atoms with E-state index in [-0.39, 0.29) is 23.2 Å². The van der Waals surface area contributed by atoms with Crippen molar-refractivity contribution in [2.45, 2.75) is 63.8 Å². The zero-order valence-corrected chi connectivity index (χ0v) is 25.5. The minimum atomic E-state index is -4.75. The molecular formula is C31H36F3N3O5S. The number of sulfonamides is 1. The number of alkyl halides is 3. The first kappa shape index (κ1) is 33.4. The average molecular weight is 620 g/mol. The van der Waals surface area contributed by atoms with Gasteiger partial charge in [-0.1, -0.05) is 42.8 Å². The van der Waals surface area contributed by atoms with E-state index in [1.807, 2.05) is 13.8 Å². The number of nitrogens with one attached hydrogen (secondary N) is 1. The van der Waals surface area contributed by atoms with Crippen LogP contribution in [0.3, 0.4) is 0 Å². The van der Waals surface area contributed by atoms with Gasteiger partial charge in [-0.3, -0.25) is 13.9 Å². The van der Waals surface area contributed by atoms with Crippen LogP contribution < -0.4 is 14.4 Å². The van der Waals surface area contributed by atoms with Crippen molar-refractivity contribution in [3.8, 4) is 5.75 Å². The van der Waals surface area contributed by atoms with Crippen LogP contribution in [0.15, 0.2) is 77.7 Å². The van der Waals surface area contributed by atoms with E-state index >= 15 is 0 Å². The van der Waals surface area contributed by atoms with E-state index in [0.29, 0.717) is 28.1 Å². The molecule has 2 atom stereocenters. The molecule has 3 rings (SSSR count). The zero-order chi connectivity index (χ0) is 31.9. The highest BCUT2D eigenvalue weighted by Crippen LogP contribution is 2.33. The van der Waals surface area contributed by atoms with Gasteiger partial charge in [-0.25, -0.2) is 8.42 Å². The van der Waals surface area contributed by atoms with Gasteiger partial charge in [-0.2, -0.15) is 13.2 Å². The molecule has 0 bridgehead atoms. The molecule has 0 radical (unpaired) electrons. The first-order valence-electron chi connectivity index (χ1n) is 13.7. The predicted molar refractivity (Wildman–Crippen MR) is 158 cm³/mol. The lowest BCUT2D eigenvalue weighted by atomic mass is 10.1. The number of methoxy groups -OCH3 is 1. The number of hydrogen-bond donors (Lipinski definition) is 1. The maximum absolute atomic E-state index is 14.0. The van der Waals surface area contributed by atoms with Crippen LogP contribution in [0, 0.1) is 6.92 Å². The number of ether oxygens (including phenoxy) is 1. The summed E-state index contributed by atoms with van der Waals surface area (Å²) in [6.07, 6.45) is -4.11. The summed E-state index contributed by atoms with van der Waals surface area (Å²) in [5.41, 5.74) is -0.0490. The lowest BCUT2D eigenvalue weighted by Crippen LogP contribution is -2.52.